The van der Waals surface area contributed by atoms with Crippen molar-refractivity contribution < 1.29 is 9.90 Å². The molecule has 1 amide bonds. The van der Waals surface area contributed by atoms with Gasteiger partial charge in [-0.15, -0.1) is 0 Å². The SMILES string of the molecule is CNC(=O)CC[C@@H](C)C1CCC2C3C(CC[C@@]21C)[C@@]1(C)CC[C@H](NCCCNCCCNCCCN)CC1C[C@H]3O. The summed E-state index contributed by atoms with van der Waals surface area (Å²) in [7, 11) is 1.74. The first-order valence-corrected chi connectivity index (χ1v) is 17.5. The van der Waals surface area contributed by atoms with E-state index >= 15 is 0 Å². The van der Waals surface area contributed by atoms with Gasteiger partial charge in [0.1, 0.15) is 0 Å². The van der Waals surface area contributed by atoms with Gasteiger partial charge in [0, 0.05) is 19.5 Å². The van der Waals surface area contributed by atoms with Gasteiger partial charge in [-0.3, -0.25) is 4.79 Å². The molecule has 0 spiro atoms. The van der Waals surface area contributed by atoms with Crippen molar-refractivity contribution in [2.75, 3.05) is 46.3 Å². The predicted molar refractivity (Wildman–Crippen MR) is 170 cm³/mol. The Hall–Kier alpha value is -0.730. The Kier molecular flexibility index (Phi) is 12.4. The Bertz CT molecular complexity index is 812. The molecule has 0 saturated heterocycles. The normalized spacial score (nSPS) is 39.0. The van der Waals surface area contributed by atoms with Gasteiger partial charge in [-0.25, -0.2) is 0 Å². The minimum Gasteiger partial charge on any atom is -0.393 e. The molecule has 10 atom stereocenters. The predicted octanol–water partition coefficient (Wildman–Crippen LogP) is 4.04. The third kappa shape index (κ3) is 7.68. The third-order valence-corrected chi connectivity index (χ3v) is 12.8. The Morgan fingerprint density at radius 3 is 2.27 bits per heavy atom. The lowest BCUT2D eigenvalue weighted by atomic mass is 9.43. The van der Waals surface area contributed by atoms with Crippen LogP contribution in [0.2, 0.25) is 0 Å². The molecule has 4 fully saturated rings. The number of hydrogen-bond donors (Lipinski definition) is 6. The smallest absolute Gasteiger partial charge is 0.219 e. The van der Waals surface area contributed by atoms with Crippen LogP contribution in [-0.4, -0.2) is 69.5 Å². The maximum atomic E-state index is 11.9. The van der Waals surface area contributed by atoms with Crippen LogP contribution in [0.25, 0.3) is 0 Å². The standard InChI is InChI=1S/C34H65N5O2/c1-24(8-11-31(41)36-4)27-9-10-28-32-29(13-15-34(27,28)3)33(2)14-12-26(22-25(33)23-30(32)40)39-21-7-20-38-19-6-18-37-17-5-16-35/h24-30,32,37-40H,5-23,35H2,1-4H3,(H,36,41)/t24-,25?,26+,27?,28?,29?,30-,32?,33+,34-/m1/s1. The largest absolute Gasteiger partial charge is 0.393 e. The van der Waals surface area contributed by atoms with Gasteiger partial charge in [-0.05, 0) is 163 Å². The molecule has 0 aromatic heterocycles. The summed E-state index contributed by atoms with van der Waals surface area (Å²) < 4.78 is 0. The van der Waals surface area contributed by atoms with Gasteiger partial charge in [0.25, 0.3) is 0 Å². The van der Waals surface area contributed by atoms with Gasteiger partial charge in [-0.1, -0.05) is 20.8 Å². The van der Waals surface area contributed by atoms with Crippen LogP contribution in [0.1, 0.15) is 104 Å². The number of aliphatic hydroxyl groups is 1. The summed E-state index contributed by atoms with van der Waals surface area (Å²) in [6.07, 6.45) is 14.9. The fraction of sp³-hybridized carbons (Fsp3) is 0.971. The topological polar surface area (TPSA) is 111 Å². The molecule has 0 radical (unpaired) electrons. The molecule has 7 nitrogen and oxygen atoms in total. The van der Waals surface area contributed by atoms with Crippen molar-refractivity contribution in [2.45, 2.75) is 116 Å². The maximum Gasteiger partial charge on any atom is 0.219 e. The second-order valence-electron chi connectivity index (χ2n) is 15.0. The fourth-order valence-electron chi connectivity index (χ4n) is 10.4. The number of fused-ring (bicyclic) bond motifs is 5. The van der Waals surface area contributed by atoms with Crippen LogP contribution in [-0.2, 0) is 4.79 Å². The van der Waals surface area contributed by atoms with E-state index in [-0.39, 0.29) is 12.0 Å². The van der Waals surface area contributed by atoms with Crippen molar-refractivity contribution in [1.82, 2.24) is 21.3 Å². The van der Waals surface area contributed by atoms with Crippen molar-refractivity contribution in [1.29, 1.82) is 0 Å². The molecule has 5 unspecified atom stereocenters. The number of nitrogens with one attached hydrogen (secondary N) is 4. The monoisotopic (exact) mass is 576 g/mol. The first-order chi connectivity index (χ1) is 19.7. The lowest BCUT2D eigenvalue weighted by Gasteiger charge is -2.62. The summed E-state index contributed by atoms with van der Waals surface area (Å²) in [5.41, 5.74) is 6.24. The van der Waals surface area contributed by atoms with Gasteiger partial charge in [0.15, 0.2) is 0 Å². The highest BCUT2D eigenvalue weighted by molar-refractivity contribution is 5.75. The number of carbonyl (C=O) groups excluding carboxylic acids is 1. The van der Waals surface area contributed by atoms with Crippen molar-refractivity contribution in [3.63, 3.8) is 0 Å². The van der Waals surface area contributed by atoms with E-state index in [0.29, 0.717) is 58.8 Å². The second-order valence-corrected chi connectivity index (χ2v) is 15.0. The highest BCUT2D eigenvalue weighted by Crippen LogP contribution is 2.68. The summed E-state index contributed by atoms with van der Waals surface area (Å²) in [4.78, 5) is 11.9. The molecule has 4 aliphatic carbocycles. The highest BCUT2D eigenvalue weighted by Gasteiger charge is 2.62. The van der Waals surface area contributed by atoms with Gasteiger partial charge in [0.05, 0.1) is 6.10 Å². The van der Waals surface area contributed by atoms with E-state index in [9.17, 15) is 9.90 Å². The molecular weight excluding hydrogens is 510 g/mol. The lowest BCUT2D eigenvalue weighted by Crippen LogP contribution is -2.59. The average Bonchev–Trinajstić information content (AvgIpc) is 3.32. The van der Waals surface area contributed by atoms with Gasteiger partial charge in [-0.2, -0.15) is 0 Å². The van der Waals surface area contributed by atoms with Gasteiger partial charge >= 0.3 is 0 Å². The summed E-state index contributed by atoms with van der Waals surface area (Å²) >= 11 is 0. The molecule has 7 N–H and O–H groups in total. The quantitative estimate of drug-likeness (QED) is 0.155. The Balaban J connectivity index is 1.22. The van der Waals surface area contributed by atoms with Crippen LogP contribution in [0.3, 0.4) is 0 Å². The van der Waals surface area contributed by atoms with E-state index in [1.54, 1.807) is 7.05 Å². The van der Waals surface area contributed by atoms with E-state index in [1.165, 1.54) is 57.8 Å². The summed E-state index contributed by atoms with van der Waals surface area (Å²) in [6.45, 7) is 13.7. The summed E-state index contributed by atoms with van der Waals surface area (Å²) in [5.74, 6) is 3.85. The van der Waals surface area contributed by atoms with Crippen LogP contribution in [0.4, 0.5) is 0 Å². The van der Waals surface area contributed by atoms with Gasteiger partial charge < -0.3 is 32.1 Å². The Morgan fingerprint density at radius 2 is 1.56 bits per heavy atom. The molecular formula is C34H65N5O2. The third-order valence-electron chi connectivity index (χ3n) is 12.8. The Morgan fingerprint density at radius 1 is 0.902 bits per heavy atom. The van der Waals surface area contributed by atoms with E-state index in [4.69, 9.17) is 5.73 Å². The average molecular weight is 576 g/mol. The van der Waals surface area contributed by atoms with Crippen LogP contribution >= 0.6 is 0 Å². The molecule has 0 aromatic rings. The lowest BCUT2D eigenvalue weighted by molar-refractivity contribution is -0.167. The molecule has 4 rings (SSSR count). The first-order valence-electron chi connectivity index (χ1n) is 17.5. The van der Waals surface area contributed by atoms with Crippen molar-refractivity contribution in [3.05, 3.63) is 0 Å². The maximum absolute atomic E-state index is 11.9. The second kappa shape index (κ2) is 15.3. The number of nitrogens with two attached hydrogens (primary N) is 1. The highest BCUT2D eigenvalue weighted by atomic mass is 16.3. The van der Waals surface area contributed by atoms with Crippen molar-refractivity contribution in [3.8, 4) is 0 Å². The summed E-state index contributed by atoms with van der Waals surface area (Å²) in [5, 5.41) is 25.5. The van der Waals surface area contributed by atoms with Crippen molar-refractivity contribution in [2.24, 2.45) is 52.1 Å². The zero-order valence-corrected chi connectivity index (χ0v) is 27.0. The molecule has 0 aromatic carbocycles. The number of aliphatic hydroxyl groups excluding tert-OH is 1. The molecule has 0 heterocycles. The minimum atomic E-state index is -0.143. The van der Waals surface area contributed by atoms with Crippen LogP contribution in [0.15, 0.2) is 0 Å². The number of amides is 1. The zero-order chi connectivity index (χ0) is 29.5. The van der Waals surface area contributed by atoms with E-state index in [1.807, 2.05) is 0 Å². The first kappa shape index (κ1) is 33.2. The minimum absolute atomic E-state index is 0.143. The Labute approximate surface area is 251 Å². The number of rotatable bonds is 16. The van der Waals surface area contributed by atoms with Crippen LogP contribution < -0.4 is 27.0 Å². The number of carbonyl (C=O) groups is 1. The van der Waals surface area contributed by atoms with E-state index < -0.39 is 0 Å². The molecule has 4 saturated carbocycles. The fourth-order valence-corrected chi connectivity index (χ4v) is 10.4. The molecule has 238 valence electrons. The zero-order valence-electron chi connectivity index (χ0n) is 27.0. The molecule has 0 bridgehead atoms. The van der Waals surface area contributed by atoms with Crippen LogP contribution in [0.5, 0.6) is 0 Å². The molecule has 0 aliphatic heterocycles. The van der Waals surface area contributed by atoms with Crippen molar-refractivity contribution >= 4 is 5.91 Å². The molecule has 41 heavy (non-hydrogen) atoms. The van der Waals surface area contributed by atoms with Crippen LogP contribution in [0, 0.1) is 46.3 Å². The van der Waals surface area contributed by atoms with E-state index in [2.05, 4.69) is 42.0 Å². The summed E-state index contributed by atoms with van der Waals surface area (Å²) in [6, 6.07) is 0.606. The molecule has 4 aliphatic rings. The van der Waals surface area contributed by atoms with E-state index in [0.717, 1.165) is 58.5 Å². The molecule has 7 heteroatoms. The number of hydrogen-bond acceptors (Lipinski definition) is 6. The van der Waals surface area contributed by atoms with Gasteiger partial charge in [0.2, 0.25) is 5.91 Å².